The van der Waals surface area contributed by atoms with Crippen LogP contribution in [0.4, 0.5) is 0 Å². The maximum absolute atomic E-state index is 6.22. The molecule has 1 aliphatic carbocycles. The zero-order valence-corrected chi connectivity index (χ0v) is 11.1. The molecule has 0 bridgehead atoms. The van der Waals surface area contributed by atoms with Gasteiger partial charge in [0.2, 0.25) is 0 Å². The zero-order valence-electron chi connectivity index (χ0n) is 9.61. The average Bonchev–Trinajstić information content (AvgIpc) is 3.09. The molecule has 4 nitrogen and oxygen atoms in total. The summed E-state index contributed by atoms with van der Waals surface area (Å²) in [4.78, 5) is 0. The summed E-state index contributed by atoms with van der Waals surface area (Å²) in [6, 6.07) is 5.84. The minimum absolute atomic E-state index is 0.384. The zero-order chi connectivity index (χ0) is 12.7. The number of hydrogen-bond acceptors (Lipinski definition) is 3. The van der Waals surface area contributed by atoms with E-state index >= 15 is 0 Å². The Labute approximate surface area is 115 Å². The fourth-order valence-electron chi connectivity index (χ4n) is 2.03. The predicted molar refractivity (Wildman–Crippen MR) is 71.6 cm³/mol. The first-order valence-electron chi connectivity index (χ1n) is 5.80. The lowest BCUT2D eigenvalue weighted by molar-refractivity contribution is 0.688. The van der Waals surface area contributed by atoms with Crippen molar-refractivity contribution in [1.29, 1.82) is 0 Å². The molecule has 0 amide bonds. The molecule has 0 saturated heterocycles. The number of nitrogens with two attached hydrogens (primary N) is 1. The lowest BCUT2D eigenvalue weighted by Crippen LogP contribution is -2.08. The van der Waals surface area contributed by atoms with E-state index in [1.54, 1.807) is 12.1 Å². The lowest BCUT2D eigenvalue weighted by atomic mass is 10.2. The van der Waals surface area contributed by atoms with E-state index in [0.717, 1.165) is 30.1 Å². The van der Waals surface area contributed by atoms with Crippen molar-refractivity contribution in [3.63, 3.8) is 0 Å². The highest BCUT2D eigenvalue weighted by Gasteiger charge is 2.29. The van der Waals surface area contributed by atoms with Gasteiger partial charge in [-0.3, -0.25) is 0 Å². The molecule has 18 heavy (non-hydrogen) atoms. The molecule has 1 saturated carbocycles. The summed E-state index contributed by atoms with van der Waals surface area (Å²) in [5.74, 6) is 1.58. The molecule has 0 unspecified atom stereocenters. The minimum Gasteiger partial charge on any atom is -0.324 e. The van der Waals surface area contributed by atoms with Crippen molar-refractivity contribution in [3.05, 3.63) is 34.1 Å². The summed E-state index contributed by atoms with van der Waals surface area (Å²) in [6.07, 6.45) is 2.28. The monoisotopic (exact) mass is 282 g/mol. The first-order chi connectivity index (χ1) is 8.70. The number of nitrogens with zero attached hydrogens (tertiary/aromatic N) is 3. The van der Waals surface area contributed by atoms with Gasteiger partial charge in [0, 0.05) is 16.6 Å². The second kappa shape index (κ2) is 4.53. The Bertz CT molecular complexity index is 590. The second-order valence-corrected chi connectivity index (χ2v) is 5.21. The summed E-state index contributed by atoms with van der Waals surface area (Å²) in [6.45, 7) is 0.384. The third kappa shape index (κ3) is 2.00. The molecular formula is C12H12Cl2N4. The fourth-order valence-corrected chi connectivity index (χ4v) is 2.53. The predicted octanol–water partition coefficient (Wildman–Crippen LogP) is 3.05. The molecule has 6 heteroatoms. The summed E-state index contributed by atoms with van der Waals surface area (Å²) in [7, 11) is 0. The number of halogens is 2. The van der Waals surface area contributed by atoms with E-state index in [4.69, 9.17) is 28.9 Å². The van der Waals surface area contributed by atoms with Gasteiger partial charge in [0.1, 0.15) is 5.82 Å². The van der Waals surface area contributed by atoms with E-state index in [1.165, 1.54) is 0 Å². The van der Waals surface area contributed by atoms with Crippen LogP contribution in [0.3, 0.4) is 0 Å². The van der Waals surface area contributed by atoms with Crippen LogP contribution in [0.15, 0.2) is 18.2 Å². The van der Waals surface area contributed by atoms with E-state index in [2.05, 4.69) is 14.8 Å². The average molecular weight is 283 g/mol. The van der Waals surface area contributed by atoms with Gasteiger partial charge in [0.25, 0.3) is 0 Å². The minimum atomic E-state index is 0.384. The van der Waals surface area contributed by atoms with Crippen molar-refractivity contribution < 1.29 is 0 Å². The molecule has 0 aliphatic heterocycles. The van der Waals surface area contributed by atoms with Crippen LogP contribution in [-0.2, 0) is 6.54 Å². The summed E-state index contributed by atoms with van der Waals surface area (Å²) in [5.41, 5.74) is 6.54. The van der Waals surface area contributed by atoms with Gasteiger partial charge < -0.3 is 10.3 Å². The summed E-state index contributed by atoms with van der Waals surface area (Å²) in [5, 5.41) is 9.54. The number of hydrogen-bond donors (Lipinski definition) is 1. The first-order valence-corrected chi connectivity index (χ1v) is 6.55. The van der Waals surface area contributed by atoms with E-state index in [0.29, 0.717) is 22.6 Å². The van der Waals surface area contributed by atoms with Crippen molar-refractivity contribution in [2.75, 3.05) is 0 Å². The van der Waals surface area contributed by atoms with Crippen molar-refractivity contribution in [2.24, 2.45) is 5.73 Å². The van der Waals surface area contributed by atoms with Crippen LogP contribution in [-0.4, -0.2) is 14.8 Å². The normalized spacial score (nSPS) is 15.1. The quantitative estimate of drug-likeness (QED) is 0.941. The van der Waals surface area contributed by atoms with Gasteiger partial charge >= 0.3 is 0 Å². The SMILES string of the molecule is NCc1nnc(-c2ccc(Cl)cc2Cl)n1C1CC1. The van der Waals surface area contributed by atoms with Crippen molar-refractivity contribution in [1.82, 2.24) is 14.8 Å². The van der Waals surface area contributed by atoms with Crippen LogP contribution in [0.5, 0.6) is 0 Å². The smallest absolute Gasteiger partial charge is 0.165 e. The van der Waals surface area contributed by atoms with E-state index in [-0.39, 0.29) is 0 Å². The van der Waals surface area contributed by atoms with Gasteiger partial charge in [-0.2, -0.15) is 0 Å². The van der Waals surface area contributed by atoms with E-state index < -0.39 is 0 Å². The first kappa shape index (κ1) is 12.0. The van der Waals surface area contributed by atoms with E-state index in [9.17, 15) is 0 Å². The Morgan fingerprint density at radius 1 is 1.28 bits per heavy atom. The standard InChI is InChI=1S/C12H12Cl2N4/c13-7-1-4-9(10(14)5-7)12-17-16-11(6-15)18(12)8-2-3-8/h1,4-5,8H,2-3,6,15H2. The second-order valence-electron chi connectivity index (χ2n) is 4.37. The van der Waals surface area contributed by atoms with Crippen molar-refractivity contribution >= 4 is 23.2 Å². The highest BCUT2D eigenvalue weighted by Crippen LogP contribution is 2.40. The van der Waals surface area contributed by atoms with Crippen LogP contribution < -0.4 is 5.73 Å². The Morgan fingerprint density at radius 2 is 2.06 bits per heavy atom. The highest BCUT2D eigenvalue weighted by atomic mass is 35.5. The van der Waals surface area contributed by atoms with Crippen LogP contribution in [0.25, 0.3) is 11.4 Å². The van der Waals surface area contributed by atoms with Gasteiger partial charge in [0.05, 0.1) is 11.6 Å². The Kier molecular flexibility index (Phi) is 3.01. The van der Waals surface area contributed by atoms with Crippen molar-refractivity contribution in [2.45, 2.75) is 25.4 Å². The number of rotatable bonds is 3. The Morgan fingerprint density at radius 3 is 2.67 bits per heavy atom. The molecule has 1 heterocycles. The molecule has 94 valence electrons. The molecule has 0 atom stereocenters. The lowest BCUT2D eigenvalue weighted by Gasteiger charge is -2.09. The van der Waals surface area contributed by atoms with Crippen LogP contribution in [0.2, 0.25) is 10.0 Å². The number of aromatic nitrogens is 3. The molecule has 1 fully saturated rings. The molecule has 1 aromatic carbocycles. The van der Waals surface area contributed by atoms with E-state index in [1.807, 2.05) is 6.07 Å². The Hall–Kier alpha value is -1.10. The molecule has 1 aromatic heterocycles. The van der Waals surface area contributed by atoms with Crippen LogP contribution in [0.1, 0.15) is 24.7 Å². The summed E-state index contributed by atoms with van der Waals surface area (Å²) < 4.78 is 2.09. The molecular weight excluding hydrogens is 271 g/mol. The molecule has 2 N–H and O–H groups in total. The van der Waals surface area contributed by atoms with Crippen LogP contribution in [0, 0.1) is 0 Å². The maximum atomic E-state index is 6.22. The third-order valence-corrected chi connectivity index (χ3v) is 3.58. The third-order valence-electron chi connectivity index (χ3n) is 3.03. The van der Waals surface area contributed by atoms with Gasteiger partial charge in [-0.25, -0.2) is 0 Å². The van der Waals surface area contributed by atoms with Gasteiger partial charge in [0.15, 0.2) is 5.82 Å². The van der Waals surface area contributed by atoms with Gasteiger partial charge in [-0.05, 0) is 31.0 Å². The summed E-state index contributed by atoms with van der Waals surface area (Å²) >= 11 is 12.1. The topological polar surface area (TPSA) is 56.7 Å². The maximum Gasteiger partial charge on any atom is 0.165 e. The van der Waals surface area contributed by atoms with Crippen molar-refractivity contribution in [3.8, 4) is 11.4 Å². The largest absolute Gasteiger partial charge is 0.324 e. The molecule has 1 aliphatic rings. The molecule has 2 aromatic rings. The highest BCUT2D eigenvalue weighted by molar-refractivity contribution is 6.36. The molecule has 0 radical (unpaired) electrons. The Balaban J connectivity index is 2.13. The van der Waals surface area contributed by atoms with Crippen LogP contribution >= 0.6 is 23.2 Å². The van der Waals surface area contributed by atoms with Gasteiger partial charge in [-0.15, -0.1) is 10.2 Å². The fraction of sp³-hybridized carbons (Fsp3) is 0.333. The molecule has 0 spiro atoms. The van der Waals surface area contributed by atoms with Gasteiger partial charge in [-0.1, -0.05) is 23.2 Å². The number of benzene rings is 1. The molecule has 3 rings (SSSR count).